The number of thiophene rings is 1. The van der Waals surface area contributed by atoms with Gasteiger partial charge in [0.25, 0.3) is 0 Å². The Morgan fingerprint density at radius 3 is 2.04 bits per heavy atom. The van der Waals surface area contributed by atoms with E-state index in [9.17, 15) is 0 Å². The second-order valence-electron chi connectivity index (χ2n) is 12.0. The van der Waals surface area contributed by atoms with E-state index in [2.05, 4.69) is 158 Å². The summed E-state index contributed by atoms with van der Waals surface area (Å²) in [5.74, 6) is 9.71. The fourth-order valence-electron chi connectivity index (χ4n) is 7.52. The smallest absolute Gasteiger partial charge is 0.0483 e. The molecule has 0 amide bonds. The molecular formula is C46H28S. The molecule has 47 heavy (non-hydrogen) atoms. The summed E-state index contributed by atoms with van der Waals surface area (Å²) in [4.78, 5) is 0. The fourth-order valence-corrected chi connectivity index (χ4v) is 8.77. The van der Waals surface area contributed by atoms with Crippen LogP contribution >= 0.6 is 11.3 Å². The van der Waals surface area contributed by atoms with Crippen LogP contribution in [0, 0.1) is 24.2 Å². The molecule has 1 heteroatoms. The highest BCUT2D eigenvalue weighted by Gasteiger charge is 2.24. The van der Waals surface area contributed by atoms with Crippen molar-refractivity contribution in [3.8, 4) is 46.4 Å². The molecule has 0 nitrogen and oxygen atoms in total. The van der Waals surface area contributed by atoms with Gasteiger partial charge in [0.15, 0.2) is 0 Å². The van der Waals surface area contributed by atoms with Crippen LogP contribution in [0.1, 0.15) is 35.6 Å². The van der Waals surface area contributed by atoms with Crippen LogP contribution in [0.4, 0.5) is 0 Å². The number of hydrogen-bond acceptors (Lipinski definition) is 1. The van der Waals surface area contributed by atoms with E-state index in [0.29, 0.717) is 6.42 Å². The van der Waals surface area contributed by atoms with Crippen LogP contribution < -0.4 is 0 Å². The van der Waals surface area contributed by atoms with E-state index < -0.39 is 0 Å². The monoisotopic (exact) mass is 612 g/mol. The molecule has 0 bridgehead atoms. The highest BCUT2D eigenvalue weighted by molar-refractivity contribution is 7.26. The Morgan fingerprint density at radius 1 is 0.702 bits per heavy atom. The maximum Gasteiger partial charge on any atom is 0.0483 e. The first-order chi connectivity index (χ1) is 23.3. The number of hydrogen-bond donors (Lipinski definition) is 0. The van der Waals surface area contributed by atoms with Gasteiger partial charge in [0.2, 0.25) is 0 Å². The molecule has 0 aliphatic heterocycles. The van der Waals surface area contributed by atoms with Crippen LogP contribution in [-0.2, 0) is 0 Å². The molecule has 1 aliphatic rings. The van der Waals surface area contributed by atoms with Crippen molar-refractivity contribution < 1.29 is 0 Å². The summed E-state index contributed by atoms with van der Waals surface area (Å²) < 4.78 is 2.63. The topological polar surface area (TPSA) is 0 Å². The Morgan fingerprint density at radius 2 is 1.34 bits per heavy atom. The molecule has 1 aromatic heterocycles. The molecule has 9 rings (SSSR count). The van der Waals surface area contributed by atoms with Gasteiger partial charge in [-0.1, -0.05) is 133 Å². The first-order valence-electron chi connectivity index (χ1n) is 16.0. The maximum atomic E-state index is 6.29. The molecular weight excluding hydrogens is 585 g/mol. The van der Waals surface area contributed by atoms with Gasteiger partial charge in [-0.2, -0.15) is 0 Å². The van der Waals surface area contributed by atoms with Gasteiger partial charge in [0, 0.05) is 43.3 Å². The Kier molecular flexibility index (Phi) is 6.36. The molecule has 0 saturated heterocycles. The quantitative estimate of drug-likeness (QED) is 0.138. The molecule has 1 aliphatic carbocycles. The van der Waals surface area contributed by atoms with Crippen molar-refractivity contribution in [1.82, 2.24) is 0 Å². The number of terminal acetylenes is 1. The summed E-state index contributed by atoms with van der Waals surface area (Å²) in [6, 6.07) is 40.2. The molecule has 8 aromatic rings. The van der Waals surface area contributed by atoms with E-state index in [0.717, 1.165) is 27.8 Å². The predicted molar refractivity (Wildman–Crippen MR) is 206 cm³/mol. The predicted octanol–water partition coefficient (Wildman–Crippen LogP) is 12.6. The van der Waals surface area contributed by atoms with Crippen molar-refractivity contribution in [3.63, 3.8) is 0 Å². The van der Waals surface area contributed by atoms with Gasteiger partial charge in [0.1, 0.15) is 0 Å². The van der Waals surface area contributed by atoms with E-state index in [1.54, 1.807) is 0 Å². The van der Waals surface area contributed by atoms with Crippen molar-refractivity contribution in [2.75, 3.05) is 0 Å². The normalized spacial score (nSPS) is 12.5. The third-order valence-electron chi connectivity index (χ3n) is 9.45. The molecule has 0 radical (unpaired) electrons. The number of fused-ring (bicyclic) bond motifs is 7. The molecule has 7 aromatic carbocycles. The lowest BCUT2D eigenvalue weighted by Gasteiger charge is -2.21. The number of rotatable bonds is 3. The van der Waals surface area contributed by atoms with E-state index in [1.807, 2.05) is 11.3 Å². The van der Waals surface area contributed by atoms with Gasteiger partial charge in [0.05, 0.1) is 0 Å². The van der Waals surface area contributed by atoms with Gasteiger partial charge < -0.3 is 0 Å². The van der Waals surface area contributed by atoms with Crippen LogP contribution in [0.15, 0.2) is 121 Å². The first-order valence-corrected chi connectivity index (χ1v) is 16.8. The average Bonchev–Trinajstić information content (AvgIpc) is 3.31. The van der Waals surface area contributed by atoms with Crippen LogP contribution in [0.2, 0.25) is 0 Å². The Hall–Kier alpha value is -5.86. The van der Waals surface area contributed by atoms with Crippen molar-refractivity contribution in [2.24, 2.45) is 0 Å². The zero-order valence-electron chi connectivity index (χ0n) is 25.9. The van der Waals surface area contributed by atoms with Gasteiger partial charge in [-0.25, -0.2) is 0 Å². The molecule has 0 unspecified atom stereocenters. The minimum Gasteiger partial charge on any atom is -0.135 e. The highest BCUT2D eigenvalue weighted by Crippen LogP contribution is 2.51. The van der Waals surface area contributed by atoms with Crippen LogP contribution in [-0.4, -0.2) is 0 Å². The molecule has 0 spiro atoms. The van der Waals surface area contributed by atoms with Gasteiger partial charge in [-0.05, 0) is 85.3 Å². The maximum absolute atomic E-state index is 6.29. The second kappa shape index (κ2) is 10.9. The van der Waals surface area contributed by atoms with E-state index in [1.165, 1.54) is 69.2 Å². The van der Waals surface area contributed by atoms with E-state index in [4.69, 9.17) is 6.42 Å². The van der Waals surface area contributed by atoms with Crippen LogP contribution in [0.3, 0.4) is 0 Å². The molecule has 0 fully saturated rings. The summed E-state index contributed by atoms with van der Waals surface area (Å²) in [5.41, 5.74) is 8.81. The van der Waals surface area contributed by atoms with Crippen molar-refractivity contribution >= 4 is 76.0 Å². The summed E-state index contributed by atoms with van der Waals surface area (Å²) in [7, 11) is 0. The standard InChI is InChI=1S/C46H28S/c1-3-16-34-31(4-2)32-19-7-5-6-17-29(32)27-40(34)43-36-22-10-12-24-38(36)44(39-25-13-11-23-37(39)43)45-33-20-9-8-18-30(33)28-41-35-21-14-15-26-42(35)47-46(41)45/h2-3,6,8-18,20-28H,5H2,1H3/b16-3-. The van der Waals surface area contributed by atoms with Gasteiger partial charge in [-0.3, -0.25) is 0 Å². The first kappa shape index (κ1) is 27.5. The molecule has 1 heterocycles. The number of allylic oxidation sites excluding steroid dienone is 2. The van der Waals surface area contributed by atoms with Crippen LogP contribution in [0.25, 0.3) is 86.9 Å². The van der Waals surface area contributed by atoms with E-state index >= 15 is 0 Å². The van der Waals surface area contributed by atoms with Gasteiger partial charge in [-0.15, -0.1) is 17.8 Å². The Bertz CT molecular complexity index is 2730. The average molecular weight is 613 g/mol. The minimum absolute atomic E-state index is 0.713. The molecule has 218 valence electrons. The zero-order valence-corrected chi connectivity index (χ0v) is 26.7. The third kappa shape index (κ3) is 4.11. The highest BCUT2D eigenvalue weighted by atomic mass is 32.1. The van der Waals surface area contributed by atoms with Crippen molar-refractivity contribution in [1.29, 1.82) is 0 Å². The fraction of sp³-hybridized carbons (Fsp3) is 0.0435. The van der Waals surface area contributed by atoms with Gasteiger partial charge >= 0.3 is 0 Å². The largest absolute Gasteiger partial charge is 0.135 e. The second-order valence-corrected chi connectivity index (χ2v) is 13.1. The molecule has 0 saturated carbocycles. The SMILES string of the molecule is C#Cc1c2c(cc(-c3c4ccccc4c(-c4c5ccccc5cc5c4sc4ccccc45)c4ccccc34)c1/C=C\C)C=CCC#C2. The summed E-state index contributed by atoms with van der Waals surface area (Å²) in [5, 5.41) is 10.0. The van der Waals surface area contributed by atoms with E-state index in [-0.39, 0.29) is 0 Å². The lowest BCUT2D eigenvalue weighted by atomic mass is 9.81. The minimum atomic E-state index is 0.713. The number of benzene rings is 7. The Balaban J connectivity index is 1.50. The van der Waals surface area contributed by atoms with Crippen molar-refractivity contribution in [2.45, 2.75) is 13.3 Å². The summed E-state index contributed by atoms with van der Waals surface area (Å²) in [6.07, 6.45) is 15.5. The van der Waals surface area contributed by atoms with Crippen LogP contribution in [0.5, 0.6) is 0 Å². The summed E-state index contributed by atoms with van der Waals surface area (Å²) in [6.45, 7) is 2.05. The lowest BCUT2D eigenvalue weighted by molar-refractivity contribution is 1.50. The Labute approximate surface area is 278 Å². The van der Waals surface area contributed by atoms with Crippen molar-refractivity contribution in [3.05, 3.63) is 144 Å². The third-order valence-corrected chi connectivity index (χ3v) is 10.7. The molecule has 0 N–H and O–H groups in total. The lowest BCUT2D eigenvalue weighted by Crippen LogP contribution is -1.99. The molecule has 0 atom stereocenters. The zero-order chi connectivity index (χ0) is 31.5. The summed E-state index contributed by atoms with van der Waals surface area (Å²) >= 11 is 1.90.